The van der Waals surface area contributed by atoms with Crippen molar-refractivity contribution < 1.29 is 14.4 Å². The standard InChI is InChI=1S/C20H21N7O3/c1-12(13-6-4-3-5-7-13)22-20(30)23-16-8-15-14(9-21-16)18(25-24-15)19(29)27-10-17(28)26(2)11-27/h3-9,12H,10-11H2,1-2H3,(H,24,25)(H2,21,22,23,30)/t12-/m1/s1. The number of hydrogen-bond acceptors (Lipinski definition) is 5. The van der Waals surface area contributed by atoms with Gasteiger partial charge in [-0.15, -0.1) is 0 Å². The lowest BCUT2D eigenvalue weighted by Crippen LogP contribution is -2.31. The van der Waals surface area contributed by atoms with Crippen LogP contribution in [0.2, 0.25) is 0 Å². The van der Waals surface area contributed by atoms with Crippen LogP contribution >= 0.6 is 0 Å². The maximum Gasteiger partial charge on any atom is 0.320 e. The number of likely N-dealkylation sites (N-methyl/N-ethyl adjacent to an activating group) is 1. The van der Waals surface area contributed by atoms with Crippen LogP contribution in [0.4, 0.5) is 10.6 Å². The van der Waals surface area contributed by atoms with Crippen LogP contribution < -0.4 is 10.6 Å². The molecule has 10 heteroatoms. The average molecular weight is 407 g/mol. The molecule has 4 rings (SSSR count). The first-order valence-electron chi connectivity index (χ1n) is 9.42. The molecule has 1 atom stereocenters. The molecule has 3 N–H and O–H groups in total. The number of benzene rings is 1. The van der Waals surface area contributed by atoms with Crippen LogP contribution in [0.15, 0.2) is 42.6 Å². The highest BCUT2D eigenvalue weighted by Crippen LogP contribution is 2.20. The van der Waals surface area contributed by atoms with Crippen LogP contribution in [0.5, 0.6) is 0 Å². The summed E-state index contributed by atoms with van der Waals surface area (Å²) in [5.74, 6) is -0.154. The van der Waals surface area contributed by atoms with E-state index in [0.717, 1.165) is 5.56 Å². The van der Waals surface area contributed by atoms with E-state index < -0.39 is 6.03 Å². The minimum absolute atomic E-state index is 0.0243. The number of hydrogen-bond donors (Lipinski definition) is 3. The Kier molecular flexibility index (Phi) is 5.05. The molecule has 2 aromatic heterocycles. The van der Waals surface area contributed by atoms with Gasteiger partial charge in [-0.25, -0.2) is 9.78 Å². The van der Waals surface area contributed by atoms with E-state index in [1.807, 2.05) is 37.3 Å². The lowest BCUT2D eigenvalue weighted by atomic mass is 10.1. The molecule has 0 radical (unpaired) electrons. The number of nitrogens with one attached hydrogen (secondary N) is 3. The Labute approximate surface area is 172 Å². The van der Waals surface area contributed by atoms with E-state index in [4.69, 9.17) is 0 Å². The fourth-order valence-electron chi connectivity index (χ4n) is 3.27. The summed E-state index contributed by atoms with van der Waals surface area (Å²) in [6, 6.07) is 10.6. The number of carbonyl (C=O) groups is 3. The fraction of sp³-hybridized carbons (Fsp3) is 0.250. The maximum absolute atomic E-state index is 12.7. The van der Waals surface area contributed by atoms with Crippen LogP contribution in [0.1, 0.15) is 29.0 Å². The molecular weight excluding hydrogens is 386 g/mol. The van der Waals surface area contributed by atoms with Gasteiger partial charge in [0.15, 0.2) is 5.69 Å². The van der Waals surface area contributed by atoms with Crippen molar-refractivity contribution in [3.63, 3.8) is 0 Å². The quantitative estimate of drug-likeness (QED) is 0.608. The smallest absolute Gasteiger partial charge is 0.320 e. The number of carbonyl (C=O) groups excluding carboxylic acids is 3. The van der Waals surface area contributed by atoms with Gasteiger partial charge in [0, 0.05) is 19.3 Å². The molecule has 0 bridgehead atoms. The minimum Gasteiger partial charge on any atom is -0.331 e. The summed E-state index contributed by atoms with van der Waals surface area (Å²) >= 11 is 0. The molecule has 4 amide bonds. The van der Waals surface area contributed by atoms with Crippen molar-refractivity contribution in [1.29, 1.82) is 0 Å². The van der Waals surface area contributed by atoms with Gasteiger partial charge in [0.1, 0.15) is 12.4 Å². The molecule has 154 valence electrons. The van der Waals surface area contributed by atoms with Crippen molar-refractivity contribution in [2.75, 3.05) is 25.6 Å². The first-order chi connectivity index (χ1) is 14.4. The second-order valence-corrected chi connectivity index (χ2v) is 7.15. The monoisotopic (exact) mass is 407 g/mol. The van der Waals surface area contributed by atoms with Crippen molar-refractivity contribution >= 4 is 34.6 Å². The Morgan fingerprint density at radius 1 is 1.23 bits per heavy atom. The number of aromatic nitrogens is 3. The second-order valence-electron chi connectivity index (χ2n) is 7.15. The van der Waals surface area contributed by atoms with Crippen LogP contribution in [0.25, 0.3) is 10.9 Å². The molecule has 1 aliphatic rings. The van der Waals surface area contributed by atoms with E-state index in [1.165, 1.54) is 16.0 Å². The number of amides is 4. The molecule has 0 unspecified atom stereocenters. The van der Waals surface area contributed by atoms with Gasteiger partial charge < -0.3 is 15.1 Å². The van der Waals surface area contributed by atoms with E-state index >= 15 is 0 Å². The Morgan fingerprint density at radius 3 is 2.70 bits per heavy atom. The van der Waals surface area contributed by atoms with E-state index in [-0.39, 0.29) is 36.8 Å². The Balaban J connectivity index is 1.45. The van der Waals surface area contributed by atoms with Crippen LogP contribution in [0, 0.1) is 0 Å². The molecule has 0 saturated carbocycles. The zero-order valence-electron chi connectivity index (χ0n) is 16.5. The molecule has 0 aliphatic carbocycles. The number of nitrogens with zero attached hydrogens (tertiary/aromatic N) is 4. The molecule has 3 heterocycles. The predicted octanol–water partition coefficient (Wildman–Crippen LogP) is 1.71. The summed E-state index contributed by atoms with van der Waals surface area (Å²) in [6.45, 7) is 2.13. The highest BCUT2D eigenvalue weighted by molar-refractivity contribution is 6.06. The van der Waals surface area contributed by atoms with Crippen molar-refractivity contribution in [2.24, 2.45) is 0 Å². The van der Waals surface area contributed by atoms with E-state index in [2.05, 4.69) is 25.8 Å². The summed E-state index contributed by atoms with van der Waals surface area (Å²) in [6.07, 6.45) is 1.48. The first-order valence-corrected chi connectivity index (χ1v) is 9.42. The minimum atomic E-state index is -0.396. The number of anilines is 1. The molecule has 30 heavy (non-hydrogen) atoms. The van der Waals surface area contributed by atoms with E-state index in [0.29, 0.717) is 16.7 Å². The van der Waals surface area contributed by atoms with Gasteiger partial charge in [0.2, 0.25) is 5.91 Å². The number of H-pyrrole nitrogens is 1. The van der Waals surface area contributed by atoms with Gasteiger partial charge >= 0.3 is 6.03 Å². The largest absolute Gasteiger partial charge is 0.331 e. The summed E-state index contributed by atoms with van der Waals surface area (Å²) < 4.78 is 0. The molecule has 1 fully saturated rings. The van der Waals surface area contributed by atoms with Gasteiger partial charge in [-0.3, -0.25) is 20.0 Å². The molecule has 0 spiro atoms. The predicted molar refractivity (Wildman–Crippen MR) is 110 cm³/mol. The lowest BCUT2D eigenvalue weighted by Gasteiger charge is -2.15. The molecule has 1 saturated heterocycles. The van der Waals surface area contributed by atoms with Gasteiger partial charge in [-0.05, 0) is 12.5 Å². The summed E-state index contributed by atoms with van der Waals surface area (Å²) in [5, 5.41) is 12.9. The lowest BCUT2D eigenvalue weighted by molar-refractivity contribution is -0.125. The van der Waals surface area contributed by atoms with Crippen LogP contribution in [0.3, 0.4) is 0 Å². The van der Waals surface area contributed by atoms with Gasteiger partial charge in [-0.1, -0.05) is 30.3 Å². The van der Waals surface area contributed by atoms with Gasteiger partial charge in [0.05, 0.1) is 23.6 Å². The van der Waals surface area contributed by atoms with Crippen LogP contribution in [-0.2, 0) is 4.79 Å². The zero-order valence-corrected chi connectivity index (χ0v) is 16.5. The molecular formula is C20H21N7O3. The number of aromatic amines is 1. The normalized spacial score (nSPS) is 14.8. The second kappa shape index (κ2) is 7.82. The van der Waals surface area contributed by atoms with Crippen molar-refractivity contribution in [1.82, 2.24) is 30.3 Å². The maximum atomic E-state index is 12.7. The SMILES string of the molecule is C[C@@H](NC(=O)Nc1cc2[nH]nc(C(=O)N3CC(=O)N(C)C3)c2cn1)c1ccccc1. The third-order valence-corrected chi connectivity index (χ3v) is 4.96. The third-order valence-electron chi connectivity index (χ3n) is 4.96. The fourth-order valence-corrected chi connectivity index (χ4v) is 3.27. The summed E-state index contributed by atoms with van der Waals surface area (Å²) in [7, 11) is 1.64. The topological polar surface area (TPSA) is 123 Å². The summed E-state index contributed by atoms with van der Waals surface area (Å²) in [5.41, 5.74) is 1.73. The highest BCUT2D eigenvalue weighted by atomic mass is 16.2. The molecule has 10 nitrogen and oxygen atoms in total. The zero-order chi connectivity index (χ0) is 21.3. The molecule has 1 aliphatic heterocycles. The Bertz CT molecular complexity index is 1110. The molecule has 1 aromatic carbocycles. The first kappa shape index (κ1) is 19.4. The number of fused-ring (bicyclic) bond motifs is 1. The van der Waals surface area contributed by atoms with Crippen molar-refractivity contribution in [3.05, 3.63) is 53.9 Å². The highest BCUT2D eigenvalue weighted by Gasteiger charge is 2.31. The number of rotatable bonds is 4. The summed E-state index contributed by atoms with van der Waals surface area (Å²) in [4.78, 5) is 43.8. The van der Waals surface area contributed by atoms with Crippen LogP contribution in [-0.4, -0.2) is 63.1 Å². The van der Waals surface area contributed by atoms with Crippen molar-refractivity contribution in [3.8, 4) is 0 Å². The third kappa shape index (κ3) is 3.79. The number of urea groups is 1. The number of pyridine rings is 1. The average Bonchev–Trinajstić information content (AvgIpc) is 3.30. The Morgan fingerprint density at radius 2 is 2.00 bits per heavy atom. The van der Waals surface area contributed by atoms with E-state index in [1.54, 1.807) is 13.1 Å². The van der Waals surface area contributed by atoms with E-state index in [9.17, 15) is 14.4 Å². The Hall–Kier alpha value is -3.95. The van der Waals surface area contributed by atoms with Gasteiger partial charge in [-0.2, -0.15) is 5.10 Å². The van der Waals surface area contributed by atoms with Crippen molar-refractivity contribution in [2.45, 2.75) is 13.0 Å². The molecule has 3 aromatic rings. The van der Waals surface area contributed by atoms with Gasteiger partial charge in [0.25, 0.3) is 5.91 Å².